The lowest BCUT2D eigenvalue weighted by Gasteiger charge is -2.30. The number of likely N-dealkylation sites (N-methyl/N-ethyl adjacent to an activating group) is 1. The number of amides is 1. The van der Waals surface area contributed by atoms with Crippen molar-refractivity contribution in [2.45, 2.75) is 315 Å². The van der Waals surface area contributed by atoms with E-state index in [2.05, 4.69) is 148 Å². The minimum absolute atomic E-state index is 0.0316. The number of phosphoric ester groups is 1. The Morgan fingerprint density at radius 1 is 0.404 bits per heavy atom. The van der Waals surface area contributed by atoms with Gasteiger partial charge in [0.05, 0.1) is 33.8 Å². The molecule has 89 heavy (non-hydrogen) atoms. The van der Waals surface area contributed by atoms with Gasteiger partial charge >= 0.3 is 5.97 Å². The van der Waals surface area contributed by atoms with Gasteiger partial charge < -0.3 is 28.5 Å². The second kappa shape index (κ2) is 67.1. The Morgan fingerprint density at radius 3 is 1.10 bits per heavy atom. The summed E-state index contributed by atoms with van der Waals surface area (Å²) in [6, 6.07) is -0.906. The van der Waals surface area contributed by atoms with Crippen LogP contribution in [0.1, 0.15) is 303 Å². The summed E-state index contributed by atoms with van der Waals surface area (Å²) in [6.45, 7) is 6.69. The molecule has 0 aromatic heterocycles. The topological polar surface area (TPSA) is 114 Å². The lowest BCUT2D eigenvalue weighted by Crippen LogP contribution is -2.47. The van der Waals surface area contributed by atoms with Crippen molar-refractivity contribution in [3.63, 3.8) is 0 Å². The number of esters is 1. The van der Waals surface area contributed by atoms with Crippen molar-refractivity contribution < 1.29 is 37.3 Å². The standard InChI is InChI=1S/C79H137N2O7P/c1-7-10-13-16-19-22-25-27-29-31-33-35-37-39-40-42-44-46-48-50-52-54-57-60-63-66-69-72-79(83)88-77(70-67-64-61-58-55-24-21-18-15-12-9-3)76(75-87-89(84,85)86-74-73-81(4,5)6)80-78(82)71-68-65-62-59-56-53-51-49-47-45-43-41-38-36-34-32-30-28-26-23-20-17-14-11-8-2/h10,13,19-20,22-23,27-30,33-36,39-41,43-44,46,67,70,76-77H,7-9,11-12,14-18,21,24-26,31-32,37-38,42,45,47-66,68-69,71-75H2,1-6H3,(H-,80,82,84,85)/b13-10-,22-19-,23-20-,29-27-,30-28-,35-33-,36-34-,40-39-,43-41-,46-44-,70-67+. The Kier molecular flexibility index (Phi) is 64.2. The van der Waals surface area contributed by atoms with E-state index in [9.17, 15) is 19.0 Å². The Labute approximate surface area is 549 Å². The van der Waals surface area contributed by atoms with Crippen LogP contribution >= 0.6 is 7.82 Å². The number of carbonyl (C=O) groups is 2. The van der Waals surface area contributed by atoms with Gasteiger partial charge in [-0.05, 0) is 128 Å². The van der Waals surface area contributed by atoms with E-state index >= 15 is 0 Å². The summed E-state index contributed by atoms with van der Waals surface area (Å²) in [6.07, 6.45) is 95.7. The largest absolute Gasteiger partial charge is 0.756 e. The summed E-state index contributed by atoms with van der Waals surface area (Å²) in [5, 5.41) is 3.04. The van der Waals surface area contributed by atoms with Crippen molar-refractivity contribution in [2.24, 2.45) is 0 Å². The highest BCUT2D eigenvalue weighted by atomic mass is 31.2. The minimum atomic E-state index is -4.72. The fourth-order valence-corrected chi connectivity index (χ4v) is 10.7. The van der Waals surface area contributed by atoms with Crippen LogP contribution in [0.2, 0.25) is 0 Å². The van der Waals surface area contributed by atoms with Gasteiger partial charge in [0.25, 0.3) is 7.82 Å². The van der Waals surface area contributed by atoms with Crippen LogP contribution in [0.5, 0.6) is 0 Å². The molecule has 0 aromatic rings. The third kappa shape index (κ3) is 68.4. The van der Waals surface area contributed by atoms with Crippen molar-refractivity contribution in [3.05, 3.63) is 134 Å². The van der Waals surface area contributed by atoms with Gasteiger partial charge in [-0.15, -0.1) is 0 Å². The van der Waals surface area contributed by atoms with Crippen LogP contribution in [0.15, 0.2) is 134 Å². The highest BCUT2D eigenvalue weighted by Crippen LogP contribution is 2.38. The van der Waals surface area contributed by atoms with Crippen molar-refractivity contribution in [3.8, 4) is 0 Å². The number of nitrogens with one attached hydrogen (secondary N) is 1. The fraction of sp³-hybridized carbons (Fsp3) is 0.696. The molecule has 0 bridgehead atoms. The molecule has 9 nitrogen and oxygen atoms in total. The molecule has 0 aliphatic heterocycles. The Balaban J connectivity index is 5.05. The molecule has 0 saturated carbocycles. The Bertz CT molecular complexity index is 1990. The monoisotopic (exact) mass is 1260 g/mol. The van der Waals surface area contributed by atoms with Gasteiger partial charge in [-0.25, -0.2) is 0 Å². The van der Waals surface area contributed by atoms with Gasteiger partial charge in [0.1, 0.15) is 19.3 Å². The van der Waals surface area contributed by atoms with Crippen LogP contribution in [0, 0.1) is 0 Å². The molecular weight excluding hydrogens is 1120 g/mol. The summed E-state index contributed by atoms with van der Waals surface area (Å²) in [5.41, 5.74) is 0. The molecule has 0 heterocycles. The van der Waals surface area contributed by atoms with E-state index in [0.29, 0.717) is 23.9 Å². The molecule has 0 aromatic carbocycles. The second-order valence-corrected chi connectivity index (χ2v) is 26.8. The van der Waals surface area contributed by atoms with Crippen LogP contribution in [0.4, 0.5) is 0 Å². The van der Waals surface area contributed by atoms with Crippen LogP contribution in [-0.2, 0) is 27.9 Å². The highest BCUT2D eigenvalue weighted by Gasteiger charge is 2.27. The van der Waals surface area contributed by atoms with Crippen LogP contribution in [-0.4, -0.2) is 69.4 Å². The number of ether oxygens (including phenoxy) is 1. The molecule has 0 saturated heterocycles. The highest BCUT2D eigenvalue weighted by molar-refractivity contribution is 7.45. The van der Waals surface area contributed by atoms with Crippen molar-refractivity contribution in [1.82, 2.24) is 5.32 Å². The Morgan fingerprint density at radius 2 is 0.719 bits per heavy atom. The minimum Gasteiger partial charge on any atom is -0.756 e. The molecule has 0 aliphatic carbocycles. The summed E-state index contributed by atoms with van der Waals surface area (Å²) < 4.78 is 30.4. The molecule has 0 radical (unpaired) electrons. The van der Waals surface area contributed by atoms with E-state index in [1.54, 1.807) is 0 Å². The maximum Gasteiger partial charge on any atom is 0.306 e. The number of nitrogens with zero attached hydrogens (tertiary/aromatic N) is 1. The SMILES string of the molecule is CC/C=C\C/C=C\C/C=C\C/C=C\C/C=C\C/C=C\CCCCCCCCCCC(=O)OC(/C=C/CCCCCCCCCCC)C(COP(=O)([O-])OCC[N+](C)(C)C)NC(=O)CCCCCCCCCCC/C=C\C/C=C\C/C=C\C/C=C\CCCCC. The first kappa shape index (κ1) is 85.2. The van der Waals surface area contributed by atoms with Crippen molar-refractivity contribution in [1.29, 1.82) is 0 Å². The van der Waals surface area contributed by atoms with E-state index in [-0.39, 0.29) is 24.9 Å². The zero-order chi connectivity index (χ0) is 64.9. The van der Waals surface area contributed by atoms with Gasteiger partial charge in [0, 0.05) is 12.8 Å². The first-order chi connectivity index (χ1) is 43.4. The van der Waals surface area contributed by atoms with Gasteiger partial charge in [-0.3, -0.25) is 14.2 Å². The quantitative estimate of drug-likeness (QED) is 0.0212. The number of hydrogen-bond acceptors (Lipinski definition) is 7. The third-order valence-electron chi connectivity index (χ3n) is 15.6. The van der Waals surface area contributed by atoms with Gasteiger partial charge in [0.2, 0.25) is 5.91 Å². The summed E-state index contributed by atoms with van der Waals surface area (Å²) in [7, 11) is 1.16. The number of unbranched alkanes of at least 4 members (excludes halogenated alkanes) is 29. The lowest BCUT2D eigenvalue weighted by molar-refractivity contribution is -0.870. The number of rotatable bonds is 65. The molecule has 1 amide bonds. The van der Waals surface area contributed by atoms with E-state index in [1.807, 2.05) is 33.3 Å². The van der Waals surface area contributed by atoms with E-state index in [0.717, 1.165) is 135 Å². The normalized spacial score (nSPS) is 14.3. The number of quaternary nitrogens is 1. The molecule has 0 rings (SSSR count). The smallest absolute Gasteiger partial charge is 0.306 e. The number of allylic oxidation sites excluding steroid dienone is 21. The Hall–Kier alpha value is -3.85. The van der Waals surface area contributed by atoms with Crippen LogP contribution < -0.4 is 10.2 Å². The zero-order valence-electron chi connectivity index (χ0n) is 58.3. The fourth-order valence-electron chi connectivity index (χ4n) is 9.98. The average Bonchev–Trinajstić information content (AvgIpc) is 3.71. The predicted molar refractivity (Wildman–Crippen MR) is 385 cm³/mol. The maximum absolute atomic E-state index is 13.6. The first-order valence-corrected chi connectivity index (χ1v) is 38.0. The molecule has 510 valence electrons. The first-order valence-electron chi connectivity index (χ1n) is 36.5. The molecule has 10 heteroatoms. The maximum atomic E-state index is 13.6. The molecule has 3 atom stereocenters. The van der Waals surface area contributed by atoms with Crippen LogP contribution in [0.25, 0.3) is 0 Å². The van der Waals surface area contributed by atoms with E-state index in [4.69, 9.17) is 13.8 Å². The molecule has 3 unspecified atom stereocenters. The number of carbonyl (C=O) groups excluding carboxylic acids is 2. The van der Waals surface area contributed by atoms with Crippen LogP contribution in [0.3, 0.4) is 0 Å². The molecule has 1 N–H and O–H groups in total. The van der Waals surface area contributed by atoms with Crippen molar-refractivity contribution in [2.75, 3.05) is 40.9 Å². The molecular formula is C79H137N2O7P. The molecule has 0 spiro atoms. The number of hydrogen-bond donors (Lipinski definition) is 1. The van der Waals surface area contributed by atoms with E-state index in [1.165, 1.54) is 128 Å². The van der Waals surface area contributed by atoms with Gasteiger partial charge in [-0.2, -0.15) is 0 Å². The second-order valence-electron chi connectivity index (χ2n) is 25.4. The van der Waals surface area contributed by atoms with Gasteiger partial charge in [-0.1, -0.05) is 296 Å². The summed E-state index contributed by atoms with van der Waals surface area (Å²) in [5.74, 6) is -0.561. The number of phosphoric acid groups is 1. The lowest BCUT2D eigenvalue weighted by atomic mass is 10.0. The van der Waals surface area contributed by atoms with E-state index < -0.39 is 26.6 Å². The zero-order valence-corrected chi connectivity index (χ0v) is 59.2. The average molecular weight is 1260 g/mol. The predicted octanol–water partition coefficient (Wildman–Crippen LogP) is 22.9. The van der Waals surface area contributed by atoms with Gasteiger partial charge in [0.15, 0.2) is 0 Å². The summed E-state index contributed by atoms with van der Waals surface area (Å²) in [4.78, 5) is 40.2. The summed E-state index contributed by atoms with van der Waals surface area (Å²) >= 11 is 0. The molecule has 0 fully saturated rings. The third-order valence-corrected chi connectivity index (χ3v) is 16.5. The van der Waals surface area contributed by atoms with Crippen molar-refractivity contribution >= 4 is 19.7 Å². The molecule has 0 aliphatic rings.